The first-order valence-corrected chi connectivity index (χ1v) is 9.62. The summed E-state index contributed by atoms with van der Waals surface area (Å²) in [5, 5.41) is 9.57. The van der Waals surface area contributed by atoms with Gasteiger partial charge in [-0.25, -0.2) is 0 Å². The van der Waals surface area contributed by atoms with Crippen LogP contribution in [0.25, 0.3) is 0 Å². The van der Waals surface area contributed by atoms with Gasteiger partial charge in [0.2, 0.25) is 0 Å². The van der Waals surface area contributed by atoms with Gasteiger partial charge in [0.05, 0.1) is 6.07 Å². The molecule has 2 fully saturated rings. The van der Waals surface area contributed by atoms with Gasteiger partial charge in [0.25, 0.3) is 10.2 Å². The third-order valence-corrected chi connectivity index (χ3v) is 6.52. The van der Waals surface area contributed by atoms with Gasteiger partial charge in [-0.3, -0.25) is 0 Å². The largest absolute Gasteiger partial charge is 0.280 e. The minimum absolute atomic E-state index is 0.567. The lowest BCUT2D eigenvalue weighted by Gasteiger charge is -2.34. The predicted octanol–water partition coefficient (Wildman–Crippen LogP) is 2.56. The second-order valence-electron chi connectivity index (χ2n) is 6.65. The quantitative estimate of drug-likeness (QED) is 0.870. The van der Waals surface area contributed by atoms with Crippen molar-refractivity contribution in [3.8, 4) is 6.07 Å². The Hall–Kier alpha value is -0.640. The number of nitrogens with one attached hydrogen (secondary N) is 1. The predicted molar refractivity (Wildman–Crippen MR) is 82.7 cm³/mol. The van der Waals surface area contributed by atoms with Gasteiger partial charge in [0.15, 0.2) is 0 Å². The van der Waals surface area contributed by atoms with Crippen LogP contribution in [0.4, 0.5) is 0 Å². The van der Waals surface area contributed by atoms with E-state index in [-0.39, 0.29) is 0 Å². The van der Waals surface area contributed by atoms with Gasteiger partial charge < -0.3 is 0 Å². The molecule has 0 spiro atoms. The number of rotatable bonds is 3. The summed E-state index contributed by atoms with van der Waals surface area (Å²) in [6.45, 7) is 3.29. The van der Waals surface area contributed by atoms with E-state index in [2.05, 4.69) is 17.7 Å². The zero-order chi connectivity index (χ0) is 15.3. The molecule has 6 heteroatoms. The van der Waals surface area contributed by atoms with Crippen LogP contribution in [-0.4, -0.2) is 31.4 Å². The molecule has 1 saturated heterocycles. The summed E-state index contributed by atoms with van der Waals surface area (Å²) in [5.74, 6) is 0.586. The molecule has 0 unspecified atom stereocenters. The van der Waals surface area contributed by atoms with Crippen LogP contribution < -0.4 is 4.72 Å². The Morgan fingerprint density at radius 1 is 1.10 bits per heavy atom. The van der Waals surface area contributed by atoms with Gasteiger partial charge in [-0.15, -0.1) is 0 Å². The normalized spacial score (nSPS) is 25.7. The van der Waals surface area contributed by atoms with Gasteiger partial charge in [-0.1, -0.05) is 39.0 Å². The molecular formula is C15H27N3O2S. The molecule has 0 aromatic carbocycles. The average molecular weight is 313 g/mol. The molecule has 0 bridgehead atoms. The van der Waals surface area contributed by atoms with Gasteiger partial charge in [-0.05, 0) is 31.6 Å². The fourth-order valence-electron chi connectivity index (χ4n) is 3.28. The van der Waals surface area contributed by atoms with E-state index < -0.39 is 15.7 Å². The van der Waals surface area contributed by atoms with E-state index >= 15 is 0 Å². The fourth-order valence-corrected chi connectivity index (χ4v) is 4.85. The molecule has 120 valence electrons. The average Bonchev–Trinajstić information content (AvgIpc) is 2.42. The van der Waals surface area contributed by atoms with Gasteiger partial charge in [-0.2, -0.15) is 22.7 Å². The lowest BCUT2D eigenvalue weighted by molar-refractivity contribution is 0.275. The number of piperidine rings is 1. The summed E-state index contributed by atoms with van der Waals surface area (Å²) < 4.78 is 29.4. The third-order valence-electron chi connectivity index (χ3n) is 4.83. The van der Waals surface area contributed by atoms with Crippen LogP contribution in [0.5, 0.6) is 0 Å². The number of nitrogens with zero attached hydrogens (tertiary/aromatic N) is 2. The molecule has 21 heavy (non-hydrogen) atoms. The second kappa shape index (κ2) is 7.08. The number of nitriles is 1. The van der Waals surface area contributed by atoms with Crippen LogP contribution in [0, 0.1) is 17.2 Å². The maximum Gasteiger partial charge on any atom is 0.280 e. The van der Waals surface area contributed by atoms with Crippen molar-refractivity contribution in [3.63, 3.8) is 0 Å². The summed E-state index contributed by atoms with van der Waals surface area (Å²) in [5.41, 5.74) is -0.900. The van der Waals surface area contributed by atoms with Crippen LogP contribution in [0.15, 0.2) is 0 Å². The lowest BCUT2D eigenvalue weighted by Crippen LogP contribution is -2.54. The maximum atomic E-state index is 12.6. The molecule has 1 aliphatic heterocycles. The zero-order valence-corrected chi connectivity index (χ0v) is 13.8. The van der Waals surface area contributed by atoms with Crippen molar-refractivity contribution in [3.05, 3.63) is 0 Å². The molecule has 1 N–H and O–H groups in total. The standard InChI is InChI=1S/C15H27N3O2S/c1-14-7-11-18(12-8-14)21(19,20)17-15(13-16)9-5-3-2-4-6-10-15/h14,17H,2-12H2,1H3. The fraction of sp³-hybridized carbons (Fsp3) is 0.933. The van der Waals surface area contributed by atoms with E-state index in [1.807, 2.05) is 0 Å². The summed E-state index contributed by atoms with van der Waals surface area (Å²) in [7, 11) is -3.54. The minimum Gasteiger partial charge on any atom is -0.196 e. The first-order valence-electron chi connectivity index (χ1n) is 8.18. The van der Waals surface area contributed by atoms with Crippen LogP contribution in [0.3, 0.4) is 0 Å². The van der Waals surface area contributed by atoms with Crippen molar-refractivity contribution >= 4 is 10.2 Å². The van der Waals surface area contributed by atoms with Gasteiger partial charge >= 0.3 is 0 Å². The monoisotopic (exact) mass is 313 g/mol. The molecule has 5 nitrogen and oxygen atoms in total. The molecule has 0 aromatic rings. The van der Waals surface area contributed by atoms with Crippen molar-refractivity contribution in [1.29, 1.82) is 5.26 Å². The van der Waals surface area contributed by atoms with E-state index in [1.54, 1.807) is 0 Å². The minimum atomic E-state index is -3.54. The van der Waals surface area contributed by atoms with Gasteiger partial charge in [0.1, 0.15) is 5.54 Å². The molecule has 0 atom stereocenters. The lowest BCUT2D eigenvalue weighted by atomic mass is 9.86. The van der Waals surface area contributed by atoms with Crippen LogP contribution in [0.2, 0.25) is 0 Å². The molecule has 0 radical (unpaired) electrons. The molecular weight excluding hydrogens is 286 g/mol. The van der Waals surface area contributed by atoms with E-state index in [0.717, 1.165) is 38.5 Å². The topological polar surface area (TPSA) is 73.2 Å². The smallest absolute Gasteiger partial charge is 0.196 e. The Morgan fingerprint density at radius 2 is 1.62 bits per heavy atom. The van der Waals surface area contributed by atoms with Crippen molar-refractivity contribution in [2.45, 2.75) is 70.3 Å². The third kappa shape index (κ3) is 4.41. The summed E-state index contributed by atoms with van der Waals surface area (Å²) >= 11 is 0. The summed E-state index contributed by atoms with van der Waals surface area (Å²) in [4.78, 5) is 0. The van der Waals surface area contributed by atoms with Crippen LogP contribution in [0.1, 0.15) is 64.7 Å². The van der Waals surface area contributed by atoms with Crippen molar-refractivity contribution in [1.82, 2.24) is 9.03 Å². The Labute approximate surface area is 128 Å². The number of hydrogen-bond acceptors (Lipinski definition) is 3. The highest BCUT2D eigenvalue weighted by molar-refractivity contribution is 7.87. The molecule has 1 aliphatic carbocycles. The zero-order valence-electron chi connectivity index (χ0n) is 13.0. The van der Waals surface area contributed by atoms with Crippen molar-refractivity contribution in [2.75, 3.05) is 13.1 Å². The Balaban J connectivity index is 2.07. The molecule has 2 aliphatic rings. The Morgan fingerprint density at radius 3 is 2.14 bits per heavy atom. The molecule has 0 amide bonds. The highest BCUT2D eigenvalue weighted by Gasteiger charge is 2.37. The van der Waals surface area contributed by atoms with E-state index in [1.165, 1.54) is 10.7 Å². The Bertz CT molecular complexity index is 468. The van der Waals surface area contributed by atoms with Gasteiger partial charge in [0, 0.05) is 13.1 Å². The molecule has 1 saturated carbocycles. The van der Waals surface area contributed by atoms with Crippen molar-refractivity contribution < 1.29 is 8.42 Å². The van der Waals surface area contributed by atoms with E-state index in [9.17, 15) is 13.7 Å². The highest BCUT2D eigenvalue weighted by atomic mass is 32.2. The SMILES string of the molecule is CC1CCN(S(=O)(=O)NC2(C#N)CCCCCCC2)CC1. The van der Waals surface area contributed by atoms with Crippen LogP contribution in [-0.2, 0) is 10.2 Å². The summed E-state index contributed by atoms with van der Waals surface area (Å²) in [6.07, 6.45) is 8.29. The molecule has 2 rings (SSSR count). The van der Waals surface area contributed by atoms with Crippen molar-refractivity contribution in [2.24, 2.45) is 5.92 Å². The molecule has 1 heterocycles. The molecule has 0 aromatic heterocycles. The second-order valence-corrected chi connectivity index (χ2v) is 8.32. The van der Waals surface area contributed by atoms with E-state index in [4.69, 9.17) is 0 Å². The van der Waals surface area contributed by atoms with E-state index in [0.29, 0.717) is 31.8 Å². The maximum absolute atomic E-state index is 12.6. The van der Waals surface area contributed by atoms with Crippen LogP contribution >= 0.6 is 0 Å². The first-order chi connectivity index (χ1) is 9.97. The highest BCUT2D eigenvalue weighted by Crippen LogP contribution is 2.28. The number of hydrogen-bond donors (Lipinski definition) is 1. The summed E-state index contributed by atoms with van der Waals surface area (Å²) in [6, 6.07) is 2.27. The Kier molecular flexibility index (Phi) is 5.64. The first kappa shape index (κ1) is 16.7.